The summed E-state index contributed by atoms with van der Waals surface area (Å²) in [7, 11) is -0.911. The lowest BCUT2D eigenvalue weighted by Crippen LogP contribution is -2.34. The van der Waals surface area contributed by atoms with E-state index in [0.717, 1.165) is 6.07 Å². The van der Waals surface area contributed by atoms with E-state index in [9.17, 15) is 13.4 Å². The van der Waals surface area contributed by atoms with Crippen molar-refractivity contribution in [2.24, 2.45) is 0 Å². The summed E-state index contributed by atoms with van der Waals surface area (Å²) in [4.78, 5) is 11.7. The van der Waals surface area contributed by atoms with Gasteiger partial charge in [-0.05, 0) is 25.5 Å². The summed E-state index contributed by atoms with van der Waals surface area (Å²) in [5.41, 5.74) is -0.114. The molecule has 0 spiro atoms. The molecule has 100 valence electrons. The predicted molar refractivity (Wildman–Crippen MR) is 68.5 cm³/mol. The van der Waals surface area contributed by atoms with E-state index in [1.165, 1.54) is 12.1 Å². The van der Waals surface area contributed by atoms with Crippen LogP contribution in [0.15, 0.2) is 18.2 Å². The molecule has 1 aromatic rings. The van der Waals surface area contributed by atoms with Crippen molar-refractivity contribution in [1.29, 1.82) is 0 Å². The molecule has 2 atom stereocenters. The molecule has 4 nitrogen and oxygen atoms in total. The zero-order valence-electron chi connectivity index (χ0n) is 10.3. The lowest BCUT2D eigenvalue weighted by Gasteiger charge is -2.13. The van der Waals surface area contributed by atoms with E-state index in [2.05, 4.69) is 5.32 Å². The summed E-state index contributed by atoms with van der Waals surface area (Å²) >= 11 is 0. The number of halogens is 1. The van der Waals surface area contributed by atoms with Gasteiger partial charge in [-0.1, -0.05) is 0 Å². The van der Waals surface area contributed by atoms with Gasteiger partial charge in [0.25, 0.3) is 5.91 Å². The summed E-state index contributed by atoms with van der Waals surface area (Å²) in [6.45, 7) is 1.77. The van der Waals surface area contributed by atoms with Crippen LogP contribution in [0.1, 0.15) is 23.7 Å². The lowest BCUT2D eigenvalue weighted by molar-refractivity contribution is 0.0935. The van der Waals surface area contributed by atoms with Gasteiger partial charge in [-0.3, -0.25) is 9.00 Å². The van der Waals surface area contributed by atoms with Crippen molar-refractivity contribution >= 4 is 16.7 Å². The topological polar surface area (TPSA) is 66.4 Å². The molecule has 0 aliphatic carbocycles. The number of phenolic OH excluding ortho intramolecular Hbond substituents is 1. The SMILES string of the molecule is CC(CCS(C)=O)NC(=O)c1ccc(O)cc1F. The smallest absolute Gasteiger partial charge is 0.254 e. The monoisotopic (exact) mass is 273 g/mol. The first kappa shape index (κ1) is 14.6. The van der Waals surface area contributed by atoms with E-state index in [4.69, 9.17) is 5.11 Å². The zero-order chi connectivity index (χ0) is 13.7. The molecule has 0 aliphatic heterocycles. The van der Waals surface area contributed by atoms with E-state index < -0.39 is 22.5 Å². The van der Waals surface area contributed by atoms with Crippen molar-refractivity contribution in [3.63, 3.8) is 0 Å². The van der Waals surface area contributed by atoms with Crippen LogP contribution in [0.4, 0.5) is 4.39 Å². The first-order chi connectivity index (χ1) is 8.40. The molecule has 0 radical (unpaired) electrons. The molecule has 1 aromatic carbocycles. The number of nitrogens with one attached hydrogen (secondary N) is 1. The summed E-state index contributed by atoms with van der Waals surface area (Å²) < 4.78 is 24.3. The number of phenols is 1. The first-order valence-corrected chi connectivity index (χ1v) is 7.22. The number of carbonyl (C=O) groups is 1. The number of carbonyl (C=O) groups excluding carboxylic acids is 1. The van der Waals surface area contributed by atoms with Crippen molar-refractivity contribution in [2.45, 2.75) is 19.4 Å². The molecule has 0 fully saturated rings. The number of rotatable bonds is 5. The number of aromatic hydroxyl groups is 1. The van der Waals surface area contributed by atoms with Gasteiger partial charge in [-0.15, -0.1) is 0 Å². The zero-order valence-corrected chi connectivity index (χ0v) is 11.1. The van der Waals surface area contributed by atoms with E-state index in [-0.39, 0.29) is 17.4 Å². The predicted octanol–water partition coefficient (Wildman–Crippen LogP) is 1.42. The third-order valence-corrected chi connectivity index (χ3v) is 3.22. The fourth-order valence-electron chi connectivity index (χ4n) is 1.40. The van der Waals surface area contributed by atoms with E-state index in [1.54, 1.807) is 13.2 Å². The summed E-state index contributed by atoms with van der Waals surface area (Å²) in [6.07, 6.45) is 2.16. The minimum Gasteiger partial charge on any atom is -0.508 e. The molecule has 18 heavy (non-hydrogen) atoms. The molecule has 1 amide bonds. The average molecular weight is 273 g/mol. The van der Waals surface area contributed by atoms with Crippen molar-refractivity contribution in [3.8, 4) is 5.75 Å². The standard InChI is InChI=1S/C12H16FNO3S/c1-8(5-6-18(2)17)14-12(16)10-4-3-9(15)7-11(10)13/h3-4,7-8,15H,5-6H2,1-2H3,(H,14,16). The van der Waals surface area contributed by atoms with Gasteiger partial charge >= 0.3 is 0 Å². The summed E-state index contributed by atoms with van der Waals surface area (Å²) in [5.74, 6) is -1.04. The number of hydrogen-bond acceptors (Lipinski definition) is 3. The van der Waals surface area contributed by atoms with Crippen LogP contribution in [-0.2, 0) is 10.8 Å². The second-order valence-electron chi connectivity index (χ2n) is 4.10. The van der Waals surface area contributed by atoms with Crippen LogP contribution in [-0.4, -0.2) is 33.3 Å². The van der Waals surface area contributed by atoms with Crippen LogP contribution in [0.5, 0.6) is 5.75 Å². The number of hydrogen-bond donors (Lipinski definition) is 2. The fraction of sp³-hybridized carbons (Fsp3) is 0.417. The normalized spacial score (nSPS) is 13.9. The molecule has 2 N–H and O–H groups in total. The molecule has 0 saturated heterocycles. The van der Waals surface area contributed by atoms with Crippen LogP contribution in [0.25, 0.3) is 0 Å². The Morgan fingerprint density at radius 2 is 2.22 bits per heavy atom. The third-order valence-electron chi connectivity index (χ3n) is 2.41. The Morgan fingerprint density at radius 3 is 2.78 bits per heavy atom. The minimum absolute atomic E-state index is 0.114. The highest BCUT2D eigenvalue weighted by atomic mass is 32.2. The van der Waals surface area contributed by atoms with Crippen LogP contribution < -0.4 is 5.32 Å². The van der Waals surface area contributed by atoms with Gasteiger partial charge in [0.2, 0.25) is 0 Å². The third kappa shape index (κ3) is 4.44. The Kier molecular flexibility index (Phi) is 5.27. The number of benzene rings is 1. The van der Waals surface area contributed by atoms with Crippen LogP contribution in [0.2, 0.25) is 0 Å². The maximum absolute atomic E-state index is 13.4. The summed E-state index contributed by atoms with van der Waals surface area (Å²) in [6, 6.07) is 3.18. The van der Waals surface area contributed by atoms with E-state index in [0.29, 0.717) is 12.2 Å². The Labute approximate surface area is 108 Å². The van der Waals surface area contributed by atoms with Gasteiger partial charge in [0.15, 0.2) is 0 Å². The molecule has 0 bridgehead atoms. The van der Waals surface area contributed by atoms with Crippen molar-refractivity contribution in [2.75, 3.05) is 12.0 Å². The van der Waals surface area contributed by atoms with Crippen molar-refractivity contribution < 1.29 is 18.5 Å². The van der Waals surface area contributed by atoms with Gasteiger partial charge in [-0.25, -0.2) is 4.39 Å². The van der Waals surface area contributed by atoms with Crippen LogP contribution in [0.3, 0.4) is 0 Å². The second-order valence-corrected chi connectivity index (χ2v) is 5.66. The van der Waals surface area contributed by atoms with Gasteiger partial charge in [0.1, 0.15) is 11.6 Å². The van der Waals surface area contributed by atoms with Gasteiger partial charge in [0, 0.05) is 34.9 Å². The Hall–Kier alpha value is -1.43. The minimum atomic E-state index is -0.911. The molecular formula is C12H16FNO3S. The lowest BCUT2D eigenvalue weighted by atomic mass is 10.1. The molecule has 0 heterocycles. The Balaban J connectivity index is 2.62. The summed E-state index contributed by atoms with van der Waals surface area (Å²) in [5, 5.41) is 11.7. The number of amides is 1. The molecule has 6 heteroatoms. The molecule has 2 unspecified atom stereocenters. The fourth-order valence-corrected chi connectivity index (χ4v) is 2.09. The van der Waals surface area contributed by atoms with Gasteiger partial charge < -0.3 is 10.4 Å². The first-order valence-electron chi connectivity index (χ1n) is 5.49. The quantitative estimate of drug-likeness (QED) is 0.852. The van der Waals surface area contributed by atoms with Gasteiger partial charge in [0.05, 0.1) is 5.56 Å². The second kappa shape index (κ2) is 6.49. The largest absolute Gasteiger partial charge is 0.508 e. The molecule has 0 saturated carbocycles. The molecule has 1 rings (SSSR count). The van der Waals surface area contributed by atoms with Crippen LogP contribution >= 0.6 is 0 Å². The van der Waals surface area contributed by atoms with E-state index in [1.807, 2.05) is 0 Å². The molecule has 0 aromatic heterocycles. The molecule has 0 aliphatic rings. The Bertz CT molecular complexity index is 465. The Morgan fingerprint density at radius 1 is 1.56 bits per heavy atom. The van der Waals surface area contributed by atoms with Gasteiger partial charge in [-0.2, -0.15) is 0 Å². The highest BCUT2D eigenvalue weighted by Gasteiger charge is 2.14. The van der Waals surface area contributed by atoms with Crippen LogP contribution in [0, 0.1) is 5.82 Å². The van der Waals surface area contributed by atoms with Crippen molar-refractivity contribution in [1.82, 2.24) is 5.32 Å². The highest BCUT2D eigenvalue weighted by molar-refractivity contribution is 7.84. The maximum atomic E-state index is 13.4. The van der Waals surface area contributed by atoms with E-state index >= 15 is 0 Å². The highest BCUT2D eigenvalue weighted by Crippen LogP contribution is 2.15. The average Bonchev–Trinajstić information content (AvgIpc) is 2.26. The van der Waals surface area contributed by atoms with Crippen molar-refractivity contribution in [3.05, 3.63) is 29.6 Å². The molecular weight excluding hydrogens is 257 g/mol. The maximum Gasteiger partial charge on any atom is 0.254 e.